The first-order valence-electron chi connectivity index (χ1n) is 10.2. The molecular formula is C22H26N4O2. The standard InChI is InChI=1S/C22H26N4O2/c1-4-22(7-8-22)28-16-5-6-18-17(9-16)21(25-18)19-10-20(24-13-23-19)26-11-14(2)27-15(3)12-26/h5-6,9-10,13-15H,4,7-8,11-12H2,1-3H3. The SMILES string of the molecule is CCC1(Oc2ccc3c(c2)C(c2cc(N4CC(C)OC(C)C4)ncn2)=N3)CC1. The van der Waals surface area contributed by atoms with Crippen LogP contribution < -0.4 is 9.64 Å². The molecule has 0 spiro atoms. The number of aliphatic imine (C=N–C) groups is 1. The van der Waals surface area contributed by atoms with Gasteiger partial charge in [-0.3, -0.25) is 0 Å². The van der Waals surface area contributed by atoms with Gasteiger partial charge in [-0.05, 0) is 51.3 Å². The molecule has 1 saturated carbocycles. The smallest absolute Gasteiger partial charge is 0.132 e. The fourth-order valence-electron chi connectivity index (χ4n) is 4.12. The van der Waals surface area contributed by atoms with E-state index in [1.54, 1.807) is 6.33 Å². The lowest BCUT2D eigenvalue weighted by Gasteiger charge is -2.36. The molecular weight excluding hydrogens is 352 g/mol. The summed E-state index contributed by atoms with van der Waals surface area (Å²) in [5.74, 6) is 1.86. The molecule has 2 fully saturated rings. The molecule has 2 unspecified atom stereocenters. The molecule has 1 aromatic heterocycles. The van der Waals surface area contributed by atoms with Crippen LogP contribution in [0.4, 0.5) is 11.5 Å². The van der Waals surface area contributed by atoms with E-state index in [9.17, 15) is 0 Å². The van der Waals surface area contributed by atoms with Crippen molar-refractivity contribution in [2.45, 2.75) is 57.8 Å². The first-order chi connectivity index (χ1) is 13.5. The molecule has 2 atom stereocenters. The number of fused-ring (bicyclic) bond motifs is 1. The Bertz CT molecular complexity index is 928. The molecule has 0 radical (unpaired) electrons. The highest BCUT2D eigenvalue weighted by Crippen LogP contribution is 2.44. The third-order valence-electron chi connectivity index (χ3n) is 5.88. The molecule has 5 rings (SSSR count). The predicted octanol–water partition coefficient (Wildman–Crippen LogP) is 3.89. The summed E-state index contributed by atoms with van der Waals surface area (Å²) in [6.45, 7) is 8.06. The molecule has 6 nitrogen and oxygen atoms in total. The van der Waals surface area contributed by atoms with Gasteiger partial charge in [-0.2, -0.15) is 0 Å². The summed E-state index contributed by atoms with van der Waals surface area (Å²) >= 11 is 0. The molecule has 1 saturated heterocycles. The molecule has 3 heterocycles. The van der Waals surface area contributed by atoms with Crippen LogP contribution in [0.25, 0.3) is 0 Å². The van der Waals surface area contributed by atoms with E-state index in [2.05, 4.69) is 46.7 Å². The molecule has 2 aromatic rings. The van der Waals surface area contributed by atoms with Crippen molar-refractivity contribution < 1.29 is 9.47 Å². The lowest BCUT2D eigenvalue weighted by atomic mass is 9.98. The molecule has 3 aliphatic rings. The zero-order valence-corrected chi connectivity index (χ0v) is 16.7. The fraction of sp³-hybridized carbons (Fsp3) is 0.500. The molecule has 28 heavy (non-hydrogen) atoms. The highest BCUT2D eigenvalue weighted by molar-refractivity contribution is 6.21. The van der Waals surface area contributed by atoms with Gasteiger partial charge in [-0.1, -0.05) is 6.92 Å². The Hall–Kier alpha value is -2.47. The summed E-state index contributed by atoms with van der Waals surface area (Å²) in [7, 11) is 0. The number of hydrogen-bond acceptors (Lipinski definition) is 6. The first-order valence-corrected chi connectivity index (χ1v) is 10.2. The summed E-state index contributed by atoms with van der Waals surface area (Å²) < 4.78 is 12.1. The van der Waals surface area contributed by atoms with E-state index in [0.29, 0.717) is 0 Å². The van der Waals surface area contributed by atoms with Crippen molar-refractivity contribution in [2.75, 3.05) is 18.0 Å². The number of ether oxygens (including phenoxy) is 2. The van der Waals surface area contributed by atoms with Gasteiger partial charge in [-0.15, -0.1) is 0 Å². The Balaban J connectivity index is 1.38. The van der Waals surface area contributed by atoms with Crippen LogP contribution in [0.15, 0.2) is 35.6 Å². The monoisotopic (exact) mass is 378 g/mol. The summed E-state index contributed by atoms with van der Waals surface area (Å²) in [6.07, 6.45) is 5.36. The van der Waals surface area contributed by atoms with Gasteiger partial charge >= 0.3 is 0 Å². The maximum Gasteiger partial charge on any atom is 0.132 e. The molecule has 146 valence electrons. The lowest BCUT2D eigenvalue weighted by molar-refractivity contribution is -0.00546. The molecule has 0 bridgehead atoms. The van der Waals surface area contributed by atoms with Gasteiger partial charge in [-0.25, -0.2) is 15.0 Å². The zero-order valence-electron chi connectivity index (χ0n) is 16.7. The van der Waals surface area contributed by atoms with Crippen LogP contribution in [0.5, 0.6) is 5.75 Å². The van der Waals surface area contributed by atoms with Gasteiger partial charge in [0.15, 0.2) is 0 Å². The maximum absolute atomic E-state index is 6.25. The second-order valence-corrected chi connectivity index (χ2v) is 8.20. The van der Waals surface area contributed by atoms with Gasteiger partial charge in [0.1, 0.15) is 23.5 Å². The van der Waals surface area contributed by atoms with E-state index in [1.807, 2.05) is 18.2 Å². The summed E-state index contributed by atoms with van der Waals surface area (Å²) in [6, 6.07) is 8.20. The van der Waals surface area contributed by atoms with E-state index in [0.717, 1.165) is 66.6 Å². The molecule has 6 heteroatoms. The Morgan fingerprint density at radius 3 is 2.64 bits per heavy atom. The Labute approximate surface area is 165 Å². The molecule has 2 aliphatic heterocycles. The van der Waals surface area contributed by atoms with Gasteiger partial charge in [0.25, 0.3) is 0 Å². The zero-order chi connectivity index (χ0) is 19.3. The van der Waals surface area contributed by atoms with Gasteiger partial charge < -0.3 is 14.4 Å². The van der Waals surface area contributed by atoms with Crippen LogP contribution >= 0.6 is 0 Å². The van der Waals surface area contributed by atoms with Crippen LogP contribution in [-0.2, 0) is 4.74 Å². The normalized spacial score (nSPS) is 24.8. The molecule has 1 aliphatic carbocycles. The largest absolute Gasteiger partial charge is 0.487 e. The predicted molar refractivity (Wildman–Crippen MR) is 109 cm³/mol. The second-order valence-electron chi connectivity index (χ2n) is 8.20. The fourth-order valence-corrected chi connectivity index (χ4v) is 4.12. The second kappa shape index (κ2) is 6.55. The van der Waals surface area contributed by atoms with Crippen LogP contribution in [0.2, 0.25) is 0 Å². The number of aromatic nitrogens is 2. The Morgan fingerprint density at radius 1 is 1.14 bits per heavy atom. The lowest BCUT2D eigenvalue weighted by Crippen LogP contribution is -2.45. The van der Waals surface area contributed by atoms with Crippen molar-refractivity contribution in [1.82, 2.24) is 9.97 Å². The quantitative estimate of drug-likeness (QED) is 0.674. The van der Waals surface area contributed by atoms with Crippen molar-refractivity contribution in [1.29, 1.82) is 0 Å². The van der Waals surface area contributed by atoms with Crippen molar-refractivity contribution >= 4 is 17.2 Å². The summed E-state index contributed by atoms with van der Waals surface area (Å²) in [4.78, 5) is 15.9. The highest BCUT2D eigenvalue weighted by atomic mass is 16.5. The molecule has 1 aromatic carbocycles. The van der Waals surface area contributed by atoms with E-state index < -0.39 is 0 Å². The average molecular weight is 378 g/mol. The van der Waals surface area contributed by atoms with Crippen LogP contribution in [0, 0.1) is 0 Å². The Kier molecular flexibility index (Phi) is 4.12. The van der Waals surface area contributed by atoms with E-state index in [-0.39, 0.29) is 17.8 Å². The van der Waals surface area contributed by atoms with Crippen LogP contribution in [0.3, 0.4) is 0 Å². The topological polar surface area (TPSA) is 59.8 Å². The van der Waals surface area contributed by atoms with Gasteiger partial charge in [0.05, 0.1) is 29.3 Å². The Morgan fingerprint density at radius 2 is 1.93 bits per heavy atom. The minimum Gasteiger partial charge on any atom is -0.487 e. The van der Waals surface area contributed by atoms with Crippen molar-refractivity contribution in [3.8, 4) is 5.75 Å². The van der Waals surface area contributed by atoms with E-state index in [1.165, 1.54) is 0 Å². The van der Waals surface area contributed by atoms with Gasteiger partial charge in [0.2, 0.25) is 0 Å². The van der Waals surface area contributed by atoms with Crippen molar-refractivity contribution in [2.24, 2.45) is 4.99 Å². The van der Waals surface area contributed by atoms with Crippen LogP contribution in [-0.4, -0.2) is 46.6 Å². The van der Waals surface area contributed by atoms with Crippen LogP contribution in [0.1, 0.15) is 51.3 Å². The van der Waals surface area contributed by atoms with Crippen molar-refractivity contribution in [3.63, 3.8) is 0 Å². The maximum atomic E-state index is 6.25. The van der Waals surface area contributed by atoms with Crippen molar-refractivity contribution in [3.05, 3.63) is 41.9 Å². The average Bonchev–Trinajstić information content (AvgIpc) is 3.44. The first kappa shape index (κ1) is 17.6. The molecule has 0 amide bonds. The number of benzene rings is 1. The third-order valence-corrected chi connectivity index (χ3v) is 5.88. The number of anilines is 1. The number of rotatable bonds is 5. The minimum absolute atomic E-state index is 0.0566. The number of morpholine rings is 1. The molecule has 0 N–H and O–H groups in total. The summed E-state index contributed by atoms with van der Waals surface area (Å²) in [5.41, 5.74) is 3.94. The highest BCUT2D eigenvalue weighted by Gasteiger charge is 2.43. The number of nitrogens with zero attached hydrogens (tertiary/aromatic N) is 4. The number of hydrogen-bond donors (Lipinski definition) is 0. The summed E-state index contributed by atoms with van der Waals surface area (Å²) in [5, 5.41) is 0. The third kappa shape index (κ3) is 3.15. The van der Waals surface area contributed by atoms with E-state index >= 15 is 0 Å². The minimum atomic E-state index is 0.0566. The van der Waals surface area contributed by atoms with E-state index in [4.69, 9.17) is 9.47 Å². The van der Waals surface area contributed by atoms with Gasteiger partial charge in [0, 0.05) is 24.7 Å².